The smallest absolute Gasteiger partial charge is 0.206 e. The zero-order valence-corrected chi connectivity index (χ0v) is 6.42. The van der Waals surface area contributed by atoms with Gasteiger partial charge in [-0.2, -0.15) is 4.58 Å². The Kier molecular flexibility index (Phi) is 2.00. The molecule has 0 radical (unpaired) electrons. The van der Waals surface area contributed by atoms with Gasteiger partial charge >= 0.3 is 0 Å². The maximum Gasteiger partial charge on any atom is 0.206 e. The molecule has 1 aliphatic heterocycles. The third-order valence-electron chi connectivity index (χ3n) is 1.58. The highest BCUT2D eigenvalue weighted by molar-refractivity contribution is 5.82. The van der Waals surface area contributed by atoms with Gasteiger partial charge in [-0.1, -0.05) is 0 Å². The molecule has 1 aliphatic rings. The molecule has 1 rings (SSSR count). The SMILES string of the molecule is CC(=O)C[N+]1=C(C)CC=C1. The lowest BCUT2D eigenvalue weighted by Crippen LogP contribution is -2.16. The first kappa shape index (κ1) is 7.19. The molecule has 0 amide bonds. The van der Waals surface area contributed by atoms with Gasteiger partial charge in [-0.05, 0) is 6.08 Å². The number of carbonyl (C=O) groups is 1. The molecule has 2 heteroatoms. The van der Waals surface area contributed by atoms with Crippen molar-refractivity contribution >= 4 is 11.5 Å². The molecule has 0 saturated carbocycles. The van der Waals surface area contributed by atoms with Crippen LogP contribution in [0.4, 0.5) is 0 Å². The van der Waals surface area contributed by atoms with Crippen LogP contribution in [0.5, 0.6) is 0 Å². The predicted molar refractivity (Wildman–Crippen MR) is 40.2 cm³/mol. The highest BCUT2D eigenvalue weighted by Crippen LogP contribution is 1.99. The zero-order valence-electron chi connectivity index (χ0n) is 6.42. The molecule has 0 spiro atoms. The first-order valence-corrected chi connectivity index (χ1v) is 3.45. The Hall–Kier alpha value is -0.920. The average Bonchev–Trinajstić information content (AvgIpc) is 2.15. The Balaban J connectivity index is 2.63. The Morgan fingerprint density at radius 1 is 1.80 bits per heavy atom. The van der Waals surface area contributed by atoms with E-state index in [1.165, 1.54) is 5.71 Å². The number of ketones is 1. The van der Waals surface area contributed by atoms with Gasteiger partial charge in [0.2, 0.25) is 6.54 Å². The Bertz CT molecular complexity index is 213. The summed E-state index contributed by atoms with van der Waals surface area (Å²) in [6, 6.07) is 0. The van der Waals surface area contributed by atoms with E-state index in [9.17, 15) is 4.79 Å². The van der Waals surface area contributed by atoms with Gasteiger partial charge in [-0.15, -0.1) is 0 Å². The first-order chi connectivity index (χ1) is 4.70. The lowest BCUT2D eigenvalue weighted by atomic mass is 10.3. The van der Waals surface area contributed by atoms with Crippen LogP contribution in [0, 0.1) is 0 Å². The summed E-state index contributed by atoms with van der Waals surface area (Å²) in [5.74, 6) is 0.214. The number of carbonyl (C=O) groups excluding carboxylic acids is 1. The summed E-state index contributed by atoms with van der Waals surface area (Å²) in [6.07, 6.45) is 5.03. The summed E-state index contributed by atoms with van der Waals surface area (Å²) < 4.78 is 1.99. The van der Waals surface area contributed by atoms with E-state index in [0.717, 1.165) is 6.42 Å². The highest BCUT2D eigenvalue weighted by atomic mass is 16.1. The lowest BCUT2D eigenvalue weighted by Gasteiger charge is -1.91. The summed E-state index contributed by atoms with van der Waals surface area (Å²) in [5, 5.41) is 0. The van der Waals surface area contributed by atoms with E-state index >= 15 is 0 Å². The Labute approximate surface area is 60.9 Å². The molecular weight excluding hydrogens is 126 g/mol. The second-order valence-corrected chi connectivity index (χ2v) is 2.65. The molecule has 0 fully saturated rings. The van der Waals surface area contributed by atoms with Crippen molar-refractivity contribution in [1.82, 2.24) is 0 Å². The van der Waals surface area contributed by atoms with Crippen molar-refractivity contribution in [2.24, 2.45) is 0 Å². The minimum absolute atomic E-state index is 0.214. The van der Waals surface area contributed by atoms with Gasteiger partial charge < -0.3 is 0 Å². The first-order valence-electron chi connectivity index (χ1n) is 3.45. The minimum atomic E-state index is 0.214. The monoisotopic (exact) mass is 138 g/mol. The number of Topliss-reactive ketones (excluding diaryl/α,β-unsaturated/α-hetero) is 1. The molecule has 0 atom stereocenters. The molecule has 0 aromatic carbocycles. The number of hydrogen-bond donors (Lipinski definition) is 0. The number of hydrogen-bond acceptors (Lipinski definition) is 1. The van der Waals surface area contributed by atoms with Crippen LogP contribution in [0.25, 0.3) is 0 Å². The van der Waals surface area contributed by atoms with Crippen LogP contribution in [0.15, 0.2) is 12.3 Å². The van der Waals surface area contributed by atoms with Crippen molar-refractivity contribution in [1.29, 1.82) is 0 Å². The van der Waals surface area contributed by atoms with Crippen LogP contribution in [-0.4, -0.2) is 22.6 Å². The van der Waals surface area contributed by atoms with Crippen LogP contribution >= 0.6 is 0 Å². The van der Waals surface area contributed by atoms with Gasteiger partial charge in [0, 0.05) is 13.8 Å². The summed E-state index contributed by atoms with van der Waals surface area (Å²) in [4.78, 5) is 10.7. The topological polar surface area (TPSA) is 20.1 Å². The quantitative estimate of drug-likeness (QED) is 0.520. The largest absolute Gasteiger partial charge is 0.293 e. The van der Waals surface area contributed by atoms with Gasteiger partial charge in [-0.25, -0.2) is 0 Å². The Morgan fingerprint density at radius 3 is 2.90 bits per heavy atom. The third-order valence-corrected chi connectivity index (χ3v) is 1.58. The molecule has 54 valence electrons. The van der Waals surface area contributed by atoms with E-state index in [1.54, 1.807) is 6.92 Å². The van der Waals surface area contributed by atoms with Crippen LogP contribution in [0.1, 0.15) is 20.3 Å². The summed E-state index contributed by atoms with van der Waals surface area (Å²) in [6.45, 7) is 4.19. The molecular formula is C8H12NO+. The lowest BCUT2D eigenvalue weighted by molar-refractivity contribution is -0.441. The van der Waals surface area contributed by atoms with Gasteiger partial charge in [-0.3, -0.25) is 4.79 Å². The molecule has 0 saturated heterocycles. The number of rotatable bonds is 2. The maximum atomic E-state index is 10.7. The summed E-state index contributed by atoms with van der Waals surface area (Å²) in [7, 11) is 0. The second-order valence-electron chi connectivity index (χ2n) is 2.65. The van der Waals surface area contributed by atoms with E-state index < -0.39 is 0 Å². The fourth-order valence-electron chi connectivity index (χ4n) is 1.02. The summed E-state index contributed by atoms with van der Waals surface area (Å²) in [5.41, 5.74) is 1.26. The standard InChI is InChI=1S/C8H12NO/c1-7-4-3-5-9(7)6-8(2)10/h3,5H,4,6H2,1-2H3/q+1. The highest BCUT2D eigenvalue weighted by Gasteiger charge is 2.13. The van der Waals surface area contributed by atoms with Crippen LogP contribution in [0.3, 0.4) is 0 Å². The second kappa shape index (κ2) is 2.78. The normalized spacial score (nSPS) is 16.6. The number of allylic oxidation sites excluding steroid dienone is 1. The van der Waals surface area contributed by atoms with Crippen molar-refractivity contribution in [3.05, 3.63) is 12.3 Å². The van der Waals surface area contributed by atoms with Gasteiger partial charge in [0.15, 0.2) is 17.7 Å². The maximum absolute atomic E-state index is 10.7. The van der Waals surface area contributed by atoms with E-state index in [4.69, 9.17) is 0 Å². The van der Waals surface area contributed by atoms with Gasteiger partial charge in [0.05, 0.1) is 6.42 Å². The van der Waals surface area contributed by atoms with Crippen molar-refractivity contribution < 1.29 is 9.37 Å². The van der Waals surface area contributed by atoms with E-state index in [0.29, 0.717) is 6.54 Å². The van der Waals surface area contributed by atoms with Crippen LogP contribution in [0.2, 0.25) is 0 Å². The predicted octanol–water partition coefficient (Wildman–Crippen LogP) is 0.966. The Morgan fingerprint density at radius 2 is 2.50 bits per heavy atom. The molecule has 0 aromatic heterocycles. The molecule has 1 heterocycles. The average molecular weight is 138 g/mol. The molecule has 2 nitrogen and oxygen atoms in total. The molecule has 0 unspecified atom stereocenters. The van der Waals surface area contributed by atoms with Crippen molar-refractivity contribution in [3.63, 3.8) is 0 Å². The van der Waals surface area contributed by atoms with E-state index in [2.05, 4.69) is 6.08 Å². The van der Waals surface area contributed by atoms with Crippen molar-refractivity contribution in [2.45, 2.75) is 20.3 Å². The van der Waals surface area contributed by atoms with Crippen molar-refractivity contribution in [2.75, 3.05) is 6.54 Å². The van der Waals surface area contributed by atoms with E-state index in [1.807, 2.05) is 17.7 Å². The van der Waals surface area contributed by atoms with E-state index in [-0.39, 0.29) is 5.78 Å². The molecule has 0 aromatic rings. The number of nitrogens with zero attached hydrogens (tertiary/aromatic N) is 1. The zero-order chi connectivity index (χ0) is 7.56. The van der Waals surface area contributed by atoms with Crippen LogP contribution in [-0.2, 0) is 4.79 Å². The van der Waals surface area contributed by atoms with Gasteiger partial charge in [0.1, 0.15) is 0 Å². The fraction of sp³-hybridized carbons (Fsp3) is 0.500. The molecule has 10 heavy (non-hydrogen) atoms. The fourth-order valence-corrected chi connectivity index (χ4v) is 1.02. The van der Waals surface area contributed by atoms with Crippen LogP contribution < -0.4 is 0 Å². The summed E-state index contributed by atoms with van der Waals surface area (Å²) >= 11 is 0. The molecule has 0 bridgehead atoms. The molecule has 0 N–H and O–H groups in total. The third kappa shape index (κ3) is 1.53. The minimum Gasteiger partial charge on any atom is -0.293 e. The van der Waals surface area contributed by atoms with Gasteiger partial charge in [0.25, 0.3) is 0 Å². The van der Waals surface area contributed by atoms with Crippen molar-refractivity contribution in [3.8, 4) is 0 Å². The molecule has 0 aliphatic carbocycles.